The van der Waals surface area contributed by atoms with Crippen molar-refractivity contribution in [2.75, 3.05) is 19.7 Å². The number of aliphatic hydroxyl groups excluding tert-OH is 1. The summed E-state index contributed by atoms with van der Waals surface area (Å²) in [6.07, 6.45) is 2.11. The summed E-state index contributed by atoms with van der Waals surface area (Å²) in [5.74, 6) is 0.0873. The van der Waals surface area contributed by atoms with Crippen LogP contribution in [-0.2, 0) is 11.2 Å². The number of hydrogen-bond donors (Lipinski definition) is 2. The molecule has 2 N–H and O–H groups in total. The number of amides is 1. The molecule has 4 nitrogen and oxygen atoms in total. The van der Waals surface area contributed by atoms with Gasteiger partial charge in [-0.1, -0.05) is 31.5 Å². The smallest absolute Gasteiger partial charge is 0.227 e. The van der Waals surface area contributed by atoms with Crippen molar-refractivity contribution in [3.05, 3.63) is 29.8 Å². The molecule has 0 unspecified atom stereocenters. The van der Waals surface area contributed by atoms with Crippen molar-refractivity contribution in [2.45, 2.75) is 26.2 Å². The van der Waals surface area contributed by atoms with Gasteiger partial charge in [-0.05, 0) is 12.5 Å². The van der Waals surface area contributed by atoms with Crippen molar-refractivity contribution in [1.82, 2.24) is 4.90 Å². The molecule has 4 heteroatoms. The molecule has 100 valence electrons. The molecule has 1 rings (SSSR count). The Bertz CT molecular complexity index is 379. The van der Waals surface area contributed by atoms with Gasteiger partial charge in [0.1, 0.15) is 5.75 Å². The molecule has 0 saturated carbocycles. The van der Waals surface area contributed by atoms with Crippen LogP contribution in [0.15, 0.2) is 24.3 Å². The molecular weight excluding hydrogens is 230 g/mol. The number of unbranched alkanes of at least 4 members (excludes halogenated alkanes) is 1. The van der Waals surface area contributed by atoms with Crippen LogP contribution >= 0.6 is 0 Å². The average Bonchev–Trinajstić information content (AvgIpc) is 2.37. The second-order valence-corrected chi connectivity index (χ2v) is 4.26. The van der Waals surface area contributed by atoms with Crippen LogP contribution in [-0.4, -0.2) is 40.7 Å². The topological polar surface area (TPSA) is 60.8 Å². The summed E-state index contributed by atoms with van der Waals surface area (Å²) in [6, 6.07) is 6.84. The number of rotatable bonds is 7. The molecule has 0 fully saturated rings. The zero-order chi connectivity index (χ0) is 13.4. The number of nitrogens with zero attached hydrogens (tertiary/aromatic N) is 1. The third-order valence-electron chi connectivity index (χ3n) is 2.84. The number of aromatic hydroxyl groups is 1. The minimum Gasteiger partial charge on any atom is -0.508 e. The van der Waals surface area contributed by atoms with Crippen LogP contribution < -0.4 is 0 Å². The van der Waals surface area contributed by atoms with Crippen molar-refractivity contribution < 1.29 is 15.0 Å². The molecule has 18 heavy (non-hydrogen) atoms. The van der Waals surface area contributed by atoms with E-state index < -0.39 is 0 Å². The molecule has 0 aliphatic heterocycles. The van der Waals surface area contributed by atoms with E-state index in [9.17, 15) is 9.90 Å². The summed E-state index contributed by atoms with van der Waals surface area (Å²) in [6.45, 7) is 3.04. The molecule has 0 aliphatic carbocycles. The minimum atomic E-state index is -0.0565. The maximum Gasteiger partial charge on any atom is 0.227 e. The zero-order valence-corrected chi connectivity index (χ0v) is 10.8. The second kappa shape index (κ2) is 7.71. The van der Waals surface area contributed by atoms with E-state index in [1.165, 1.54) is 0 Å². The van der Waals surface area contributed by atoms with Crippen LogP contribution in [0, 0.1) is 0 Å². The second-order valence-electron chi connectivity index (χ2n) is 4.26. The number of aliphatic hydroxyl groups is 1. The quantitative estimate of drug-likeness (QED) is 0.773. The molecule has 0 aliphatic rings. The molecule has 0 atom stereocenters. The Morgan fingerprint density at radius 2 is 2.00 bits per heavy atom. The third-order valence-corrected chi connectivity index (χ3v) is 2.84. The summed E-state index contributed by atoms with van der Waals surface area (Å²) in [4.78, 5) is 13.7. The highest BCUT2D eigenvalue weighted by Gasteiger charge is 2.14. The Morgan fingerprint density at radius 3 is 2.61 bits per heavy atom. The summed E-state index contributed by atoms with van der Waals surface area (Å²) < 4.78 is 0. The zero-order valence-electron chi connectivity index (χ0n) is 10.8. The fourth-order valence-electron chi connectivity index (χ4n) is 1.77. The van der Waals surface area contributed by atoms with Crippen molar-refractivity contribution in [3.8, 4) is 5.75 Å². The van der Waals surface area contributed by atoms with Gasteiger partial charge in [-0.25, -0.2) is 0 Å². The van der Waals surface area contributed by atoms with Gasteiger partial charge >= 0.3 is 0 Å². The largest absolute Gasteiger partial charge is 0.508 e. The predicted molar refractivity (Wildman–Crippen MR) is 70.4 cm³/mol. The molecule has 1 amide bonds. The van der Waals surface area contributed by atoms with Gasteiger partial charge < -0.3 is 15.1 Å². The monoisotopic (exact) mass is 251 g/mol. The van der Waals surface area contributed by atoms with Gasteiger partial charge in [0, 0.05) is 18.7 Å². The molecule has 1 aromatic carbocycles. The van der Waals surface area contributed by atoms with E-state index in [2.05, 4.69) is 6.92 Å². The van der Waals surface area contributed by atoms with E-state index in [0.717, 1.165) is 12.8 Å². The van der Waals surface area contributed by atoms with Crippen LogP contribution in [0.25, 0.3) is 0 Å². The van der Waals surface area contributed by atoms with Crippen LogP contribution in [0.5, 0.6) is 5.75 Å². The third kappa shape index (κ3) is 4.37. The van der Waals surface area contributed by atoms with Crippen LogP contribution in [0.3, 0.4) is 0 Å². The number of carbonyl (C=O) groups is 1. The van der Waals surface area contributed by atoms with E-state index in [4.69, 9.17) is 5.11 Å². The van der Waals surface area contributed by atoms with Crippen molar-refractivity contribution in [2.24, 2.45) is 0 Å². The van der Waals surface area contributed by atoms with Crippen molar-refractivity contribution in [3.63, 3.8) is 0 Å². The van der Waals surface area contributed by atoms with Gasteiger partial charge in [0.25, 0.3) is 0 Å². The summed E-state index contributed by atoms with van der Waals surface area (Å²) in [5, 5.41) is 18.6. The highest BCUT2D eigenvalue weighted by Crippen LogP contribution is 2.17. The summed E-state index contributed by atoms with van der Waals surface area (Å²) in [7, 11) is 0. The lowest BCUT2D eigenvalue weighted by atomic mass is 10.1. The Balaban J connectivity index is 2.63. The summed E-state index contributed by atoms with van der Waals surface area (Å²) >= 11 is 0. The van der Waals surface area contributed by atoms with Gasteiger partial charge in [-0.2, -0.15) is 0 Å². The van der Waals surface area contributed by atoms with Gasteiger partial charge in [0.05, 0.1) is 13.0 Å². The van der Waals surface area contributed by atoms with Gasteiger partial charge in [0.15, 0.2) is 0 Å². The van der Waals surface area contributed by atoms with Crippen LogP contribution in [0.4, 0.5) is 0 Å². The molecular formula is C14H21NO3. The maximum atomic E-state index is 12.1. The lowest BCUT2D eigenvalue weighted by Gasteiger charge is -2.21. The Morgan fingerprint density at radius 1 is 1.28 bits per heavy atom. The van der Waals surface area contributed by atoms with E-state index in [0.29, 0.717) is 18.7 Å². The van der Waals surface area contributed by atoms with Crippen molar-refractivity contribution in [1.29, 1.82) is 0 Å². The van der Waals surface area contributed by atoms with E-state index >= 15 is 0 Å². The molecule has 1 aromatic rings. The van der Waals surface area contributed by atoms with Gasteiger partial charge in [-0.15, -0.1) is 0 Å². The molecule has 0 radical (unpaired) electrons. The maximum absolute atomic E-state index is 12.1. The van der Waals surface area contributed by atoms with Crippen LogP contribution in [0.2, 0.25) is 0 Å². The molecule has 0 saturated heterocycles. The highest BCUT2D eigenvalue weighted by atomic mass is 16.3. The molecule has 0 bridgehead atoms. The van der Waals surface area contributed by atoms with E-state index in [-0.39, 0.29) is 24.7 Å². The first-order valence-corrected chi connectivity index (χ1v) is 6.34. The first-order valence-electron chi connectivity index (χ1n) is 6.34. The van der Waals surface area contributed by atoms with Gasteiger partial charge in [0.2, 0.25) is 5.91 Å². The first-order chi connectivity index (χ1) is 8.69. The fourth-order valence-corrected chi connectivity index (χ4v) is 1.77. The lowest BCUT2D eigenvalue weighted by Crippen LogP contribution is -2.35. The predicted octanol–water partition coefficient (Wildman–Crippen LogP) is 1.56. The standard InChI is InChI=1S/C14H21NO3/c1-2-3-8-15(9-10-16)14(18)11-12-6-4-5-7-13(12)17/h4-7,16-17H,2-3,8-11H2,1H3. The Labute approximate surface area is 108 Å². The van der Waals surface area contributed by atoms with Crippen LogP contribution in [0.1, 0.15) is 25.3 Å². The molecule has 0 aromatic heterocycles. The Hall–Kier alpha value is -1.55. The first kappa shape index (κ1) is 14.5. The number of hydrogen-bond acceptors (Lipinski definition) is 3. The number of phenols is 1. The van der Waals surface area contributed by atoms with E-state index in [1.54, 1.807) is 29.2 Å². The lowest BCUT2D eigenvalue weighted by molar-refractivity contribution is -0.131. The van der Waals surface area contributed by atoms with Crippen molar-refractivity contribution >= 4 is 5.91 Å². The normalized spacial score (nSPS) is 10.3. The SMILES string of the molecule is CCCCN(CCO)C(=O)Cc1ccccc1O. The molecule has 0 spiro atoms. The highest BCUT2D eigenvalue weighted by molar-refractivity contribution is 5.79. The minimum absolute atomic E-state index is 0.0315. The Kier molecular flexibility index (Phi) is 6.22. The summed E-state index contributed by atoms with van der Waals surface area (Å²) in [5.41, 5.74) is 0.627. The number of carbonyl (C=O) groups excluding carboxylic acids is 1. The number of benzene rings is 1. The molecule has 0 heterocycles. The fraction of sp³-hybridized carbons (Fsp3) is 0.500. The number of phenolic OH excluding ortho intramolecular Hbond substituents is 1. The average molecular weight is 251 g/mol. The number of para-hydroxylation sites is 1. The van der Waals surface area contributed by atoms with Gasteiger partial charge in [-0.3, -0.25) is 4.79 Å². The van der Waals surface area contributed by atoms with E-state index in [1.807, 2.05) is 0 Å².